The summed E-state index contributed by atoms with van der Waals surface area (Å²) in [6.07, 6.45) is 1.52. The number of carbonyl (C=O) groups excluding carboxylic acids is 1. The Morgan fingerprint density at radius 1 is 1.12 bits per heavy atom. The van der Waals surface area contributed by atoms with Crippen LogP contribution in [0.25, 0.3) is 22.9 Å². The predicted octanol–water partition coefficient (Wildman–Crippen LogP) is 3.73. The Labute approximate surface area is 183 Å². The van der Waals surface area contributed by atoms with Crippen LogP contribution in [0.4, 0.5) is 5.88 Å². The monoisotopic (exact) mass is 429 g/mol. The Balaban J connectivity index is 1.27. The molecule has 1 amide bonds. The summed E-state index contributed by atoms with van der Waals surface area (Å²) < 4.78 is 16.4. The molecule has 0 unspecified atom stereocenters. The summed E-state index contributed by atoms with van der Waals surface area (Å²) >= 11 is 0. The molecule has 0 aliphatic carbocycles. The van der Waals surface area contributed by atoms with Gasteiger partial charge in [0.25, 0.3) is 11.8 Å². The minimum absolute atomic E-state index is 0.189. The minimum Gasteiger partial charge on any atom is -0.459 e. The van der Waals surface area contributed by atoms with Crippen molar-refractivity contribution in [2.75, 3.05) is 31.1 Å². The fraction of sp³-hybridized carbons (Fsp3) is 0.217. The lowest BCUT2D eigenvalue weighted by Gasteiger charge is -2.33. The maximum Gasteiger partial charge on any atom is 0.292 e. The third-order valence-corrected chi connectivity index (χ3v) is 5.37. The minimum atomic E-state index is -0.218. The van der Waals surface area contributed by atoms with Crippen molar-refractivity contribution < 1.29 is 18.2 Å². The van der Waals surface area contributed by atoms with E-state index in [0.29, 0.717) is 43.5 Å². The average molecular weight is 429 g/mol. The molecule has 1 aromatic carbocycles. The lowest BCUT2D eigenvalue weighted by molar-refractivity contribution is 0.0703. The van der Waals surface area contributed by atoms with Gasteiger partial charge in [0.2, 0.25) is 17.3 Å². The maximum absolute atomic E-state index is 12.9. The highest BCUT2D eigenvalue weighted by molar-refractivity contribution is 5.92. The van der Waals surface area contributed by atoms with Gasteiger partial charge in [-0.2, -0.15) is 10.2 Å². The van der Waals surface area contributed by atoms with E-state index in [1.165, 1.54) is 6.26 Å². The molecule has 5 rings (SSSR count). The van der Waals surface area contributed by atoms with E-state index in [0.717, 1.165) is 11.1 Å². The van der Waals surface area contributed by atoms with Gasteiger partial charge in [-0.05, 0) is 19.1 Å². The number of aromatic nitrogens is 2. The predicted molar refractivity (Wildman–Crippen MR) is 114 cm³/mol. The molecule has 1 fully saturated rings. The van der Waals surface area contributed by atoms with Gasteiger partial charge in [-0.15, -0.1) is 0 Å². The van der Waals surface area contributed by atoms with E-state index in [1.807, 2.05) is 36.1 Å². The van der Waals surface area contributed by atoms with Crippen LogP contribution in [-0.2, 0) is 0 Å². The van der Waals surface area contributed by atoms with Crippen molar-refractivity contribution >= 4 is 11.8 Å². The molecule has 0 radical (unpaired) electrons. The van der Waals surface area contributed by atoms with E-state index in [9.17, 15) is 10.1 Å². The van der Waals surface area contributed by atoms with Crippen LogP contribution < -0.4 is 4.90 Å². The van der Waals surface area contributed by atoms with Crippen molar-refractivity contribution in [3.05, 3.63) is 65.7 Å². The molecule has 0 atom stereocenters. The van der Waals surface area contributed by atoms with Crippen LogP contribution in [-0.4, -0.2) is 47.1 Å². The zero-order valence-corrected chi connectivity index (χ0v) is 17.3. The van der Waals surface area contributed by atoms with Crippen LogP contribution in [0.2, 0.25) is 0 Å². The molecule has 0 saturated carbocycles. The summed E-state index contributed by atoms with van der Waals surface area (Å²) in [4.78, 5) is 20.7. The largest absolute Gasteiger partial charge is 0.459 e. The van der Waals surface area contributed by atoms with Gasteiger partial charge in [-0.1, -0.05) is 35.0 Å². The van der Waals surface area contributed by atoms with Gasteiger partial charge in [-0.25, -0.2) is 0 Å². The van der Waals surface area contributed by atoms with E-state index >= 15 is 0 Å². The Kier molecular flexibility index (Phi) is 4.95. The third-order valence-electron chi connectivity index (χ3n) is 5.37. The lowest BCUT2D eigenvalue weighted by atomic mass is 10.1. The van der Waals surface area contributed by atoms with Crippen molar-refractivity contribution in [1.82, 2.24) is 15.0 Å². The van der Waals surface area contributed by atoms with E-state index in [2.05, 4.69) is 16.2 Å². The number of hydrogen-bond donors (Lipinski definition) is 0. The molecular weight excluding hydrogens is 410 g/mol. The number of piperazine rings is 1. The number of carbonyl (C=O) groups is 1. The summed E-state index contributed by atoms with van der Waals surface area (Å²) in [5.74, 6) is 1.07. The molecule has 0 N–H and O–H groups in total. The van der Waals surface area contributed by atoms with Crippen molar-refractivity contribution in [2.45, 2.75) is 6.92 Å². The zero-order valence-electron chi connectivity index (χ0n) is 17.3. The van der Waals surface area contributed by atoms with Crippen LogP contribution in [0.3, 0.4) is 0 Å². The Bertz CT molecular complexity index is 1270. The fourth-order valence-electron chi connectivity index (χ4n) is 3.61. The van der Waals surface area contributed by atoms with Crippen LogP contribution in [0.1, 0.15) is 21.8 Å². The second kappa shape index (κ2) is 8.07. The van der Waals surface area contributed by atoms with Crippen LogP contribution in [0.5, 0.6) is 0 Å². The summed E-state index contributed by atoms with van der Waals surface area (Å²) in [6, 6.07) is 15.0. The van der Waals surface area contributed by atoms with Gasteiger partial charge < -0.3 is 23.2 Å². The molecule has 9 heteroatoms. The van der Waals surface area contributed by atoms with E-state index in [4.69, 9.17) is 13.4 Å². The summed E-state index contributed by atoms with van der Waals surface area (Å²) in [5, 5.41) is 13.5. The number of nitrogens with zero attached hydrogens (tertiary/aromatic N) is 5. The SMILES string of the molecule is Cc1ccc(-c2cc(C(=O)N3CCN(c4oc(-c5ccco5)nc4C#N)CC3)on2)cc1. The number of hydrogen-bond acceptors (Lipinski definition) is 8. The molecule has 1 aliphatic rings. The van der Waals surface area contributed by atoms with Gasteiger partial charge in [0.05, 0.1) is 6.26 Å². The van der Waals surface area contributed by atoms with Crippen molar-refractivity contribution in [3.63, 3.8) is 0 Å². The fourth-order valence-corrected chi connectivity index (χ4v) is 3.61. The smallest absolute Gasteiger partial charge is 0.292 e. The van der Waals surface area contributed by atoms with E-state index < -0.39 is 0 Å². The summed E-state index contributed by atoms with van der Waals surface area (Å²) in [5.41, 5.74) is 2.85. The second-order valence-electron chi connectivity index (χ2n) is 7.48. The number of benzene rings is 1. The molecule has 9 nitrogen and oxygen atoms in total. The third kappa shape index (κ3) is 3.63. The first-order valence-electron chi connectivity index (χ1n) is 10.1. The van der Waals surface area contributed by atoms with Crippen LogP contribution in [0.15, 0.2) is 62.1 Å². The second-order valence-corrected chi connectivity index (χ2v) is 7.48. The quantitative estimate of drug-likeness (QED) is 0.482. The first-order chi connectivity index (χ1) is 15.6. The zero-order chi connectivity index (χ0) is 22.1. The number of amides is 1. The van der Waals surface area contributed by atoms with Crippen molar-refractivity contribution in [3.8, 4) is 29.0 Å². The number of rotatable bonds is 4. The van der Waals surface area contributed by atoms with E-state index in [1.54, 1.807) is 23.1 Å². The highest BCUT2D eigenvalue weighted by atomic mass is 16.5. The van der Waals surface area contributed by atoms with Gasteiger partial charge >= 0.3 is 0 Å². The Morgan fingerprint density at radius 2 is 1.91 bits per heavy atom. The standard InChI is InChI=1S/C23H19N5O4/c1-15-4-6-16(7-5-15)17-13-20(32-26-17)22(29)27-8-10-28(11-9-27)23-18(14-24)25-21(31-23)19-3-2-12-30-19/h2-7,12-13H,8-11H2,1H3. The van der Waals surface area contributed by atoms with E-state index in [-0.39, 0.29) is 23.3 Å². The van der Waals surface area contributed by atoms with Gasteiger partial charge in [0.15, 0.2) is 5.76 Å². The topological polar surface area (TPSA) is 113 Å². The maximum atomic E-state index is 12.9. The molecule has 4 heterocycles. The molecular formula is C23H19N5O4. The van der Waals surface area contributed by atoms with Crippen molar-refractivity contribution in [2.24, 2.45) is 0 Å². The summed E-state index contributed by atoms with van der Waals surface area (Å²) in [6.45, 7) is 3.89. The number of aryl methyl sites for hydroxylation is 1. The molecule has 160 valence electrons. The molecule has 1 saturated heterocycles. The van der Waals surface area contributed by atoms with Gasteiger partial charge in [-0.3, -0.25) is 4.79 Å². The molecule has 0 spiro atoms. The van der Waals surface area contributed by atoms with Crippen molar-refractivity contribution in [1.29, 1.82) is 5.26 Å². The lowest BCUT2D eigenvalue weighted by Crippen LogP contribution is -2.48. The number of furan rings is 1. The molecule has 1 aliphatic heterocycles. The van der Waals surface area contributed by atoms with Crippen LogP contribution >= 0.6 is 0 Å². The molecule has 32 heavy (non-hydrogen) atoms. The average Bonchev–Trinajstić information content (AvgIpc) is 3.59. The van der Waals surface area contributed by atoms with Crippen LogP contribution in [0, 0.1) is 18.3 Å². The number of anilines is 1. The molecule has 3 aromatic heterocycles. The normalized spacial score (nSPS) is 13.9. The number of oxazole rings is 1. The highest BCUT2D eigenvalue weighted by Crippen LogP contribution is 2.29. The summed E-state index contributed by atoms with van der Waals surface area (Å²) in [7, 11) is 0. The highest BCUT2D eigenvalue weighted by Gasteiger charge is 2.29. The van der Waals surface area contributed by atoms with Gasteiger partial charge in [0, 0.05) is 37.8 Å². The van der Waals surface area contributed by atoms with Gasteiger partial charge in [0.1, 0.15) is 11.8 Å². The first-order valence-corrected chi connectivity index (χ1v) is 10.1. The Morgan fingerprint density at radius 3 is 2.59 bits per heavy atom. The first kappa shape index (κ1) is 19.6. The molecule has 4 aromatic rings. The molecule has 0 bridgehead atoms. The Hall–Kier alpha value is -4.32. The number of nitriles is 1.